The summed E-state index contributed by atoms with van der Waals surface area (Å²) in [7, 11) is -5.74. The molecule has 0 amide bonds. The summed E-state index contributed by atoms with van der Waals surface area (Å²) in [6.45, 7) is 0. The summed E-state index contributed by atoms with van der Waals surface area (Å²) in [6.07, 6.45) is 0. The van der Waals surface area contributed by atoms with E-state index in [9.17, 15) is 21.6 Å². The summed E-state index contributed by atoms with van der Waals surface area (Å²) in [5.41, 5.74) is -5.06. The fourth-order valence-electron chi connectivity index (χ4n) is 1.17. The van der Waals surface area contributed by atoms with Crippen LogP contribution in [0.25, 0.3) is 11.0 Å². The molecule has 19 heavy (non-hydrogen) atoms. The average Bonchev–Trinajstić information content (AvgIpc) is 2.27. The Balaban J connectivity index is 2.40. The van der Waals surface area contributed by atoms with Gasteiger partial charge >= 0.3 is 15.6 Å². The van der Waals surface area contributed by atoms with Gasteiger partial charge in [-0.25, -0.2) is 9.97 Å². The third kappa shape index (κ3) is 2.87. The molecular weight excluding hydrogens is 309 g/mol. The van der Waals surface area contributed by atoms with Crippen LogP contribution in [-0.4, -0.2) is 23.9 Å². The first-order valence-corrected chi connectivity index (χ1v) is 6.42. The van der Waals surface area contributed by atoms with E-state index in [1.165, 1.54) is 18.2 Å². The van der Waals surface area contributed by atoms with E-state index in [1.54, 1.807) is 0 Å². The molecular formula is C9H4ClF3N2O3S. The zero-order valence-corrected chi connectivity index (χ0v) is 10.4. The van der Waals surface area contributed by atoms with Crippen LogP contribution in [-0.2, 0) is 10.1 Å². The molecule has 0 radical (unpaired) electrons. The van der Waals surface area contributed by atoms with E-state index in [4.69, 9.17) is 11.6 Å². The molecule has 2 heterocycles. The van der Waals surface area contributed by atoms with Gasteiger partial charge in [0.05, 0.1) is 11.0 Å². The minimum absolute atomic E-state index is 0.152. The summed E-state index contributed by atoms with van der Waals surface area (Å²) in [6, 6.07) is 4.93. The van der Waals surface area contributed by atoms with Crippen molar-refractivity contribution < 1.29 is 25.8 Å². The van der Waals surface area contributed by atoms with Gasteiger partial charge in [-0.05, 0) is 18.2 Å². The predicted octanol–water partition coefficient (Wildman–Crippen LogP) is 2.51. The third-order valence-electron chi connectivity index (χ3n) is 1.96. The van der Waals surface area contributed by atoms with Gasteiger partial charge in [-0.2, -0.15) is 21.6 Å². The van der Waals surface area contributed by atoms with Crippen molar-refractivity contribution in [3.63, 3.8) is 0 Å². The van der Waals surface area contributed by atoms with Gasteiger partial charge in [-0.1, -0.05) is 11.6 Å². The Morgan fingerprint density at radius 3 is 2.26 bits per heavy atom. The van der Waals surface area contributed by atoms with Crippen molar-refractivity contribution in [2.24, 2.45) is 0 Å². The van der Waals surface area contributed by atoms with Crippen LogP contribution in [0.5, 0.6) is 5.88 Å². The lowest BCUT2D eigenvalue weighted by Crippen LogP contribution is -2.28. The van der Waals surface area contributed by atoms with Gasteiger partial charge in [0, 0.05) is 6.07 Å². The number of hydrogen-bond acceptors (Lipinski definition) is 5. The van der Waals surface area contributed by atoms with Crippen molar-refractivity contribution in [3.8, 4) is 5.88 Å². The molecule has 2 aromatic heterocycles. The van der Waals surface area contributed by atoms with Crippen LogP contribution in [0.3, 0.4) is 0 Å². The maximum Gasteiger partial charge on any atom is 0.534 e. The largest absolute Gasteiger partial charge is 0.534 e. The van der Waals surface area contributed by atoms with Gasteiger partial charge in [-0.3, -0.25) is 0 Å². The monoisotopic (exact) mass is 312 g/mol. The molecule has 2 rings (SSSR count). The fourth-order valence-corrected chi connectivity index (χ4v) is 1.74. The first-order valence-electron chi connectivity index (χ1n) is 4.63. The summed E-state index contributed by atoms with van der Waals surface area (Å²) in [5, 5.41) is 0.172. The number of halogens is 4. The van der Waals surface area contributed by atoms with Gasteiger partial charge < -0.3 is 4.18 Å². The Labute approximate surface area is 110 Å². The normalized spacial score (nSPS) is 12.6. The Morgan fingerprint density at radius 2 is 1.63 bits per heavy atom. The highest BCUT2D eigenvalue weighted by molar-refractivity contribution is 7.87. The lowest BCUT2D eigenvalue weighted by atomic mass is 10.3. The summed E-state index contributed by atoms with van der Waals surface area (Å²) < 4.78 is 61.8. The quantitative estimate of drug-likeness (QED) is 0.484. The highest BCUT2D eigenvalue weighted by Crippen LogP contribution is 2.26. The smallest absolute Gasteiger partial charge is 0.355 e. The summed E-state index contributed by atoms with van der Waals surface area (Å²) in [5.74, 6) is -0.700. The van der Waals surface area contributed by atoms with Crippen LogP contribution in [0.2, 0.25) is 5.15 Å². The predicted molar refractivity (Wildman–Crippen MR) is 60.2 cm³/mol. The second-order valence-corrected chi connectivity index (χ2v) is 5.23. The number of alkyl halides is 3. The molecule has 5 nitrogen and oxygen atoms in total. The number of rotatable bonds is 2. The van der Waals surface area contributed by atoms with Crippen LogP contribution in [0.4, 0.5) is 13.2 Å². The number of hydrogen-bond donors (Lipinski definition) is 0. The van der Waals surface area contributed by atoms with E-state index in [0.29, 0.717) is 5.52 Å². The summed E-state index contributed by atoms with van der Waals surface area (Å²) in [4.78, 5) is 7.43. The highest BCUT2D eigenvalue weighted by atomic mass is 35.5. The van der Waals surface area contributed by atoms with Crippen molar-refractivity contribution in [1.29, 1.82) is 0 Å². The van der Waals surface area contributed by atoms with Gasteiger partial charge in [0.15, 0.2) is 0 Å². The molecule has 0 aliphatic heterocycles. The Kier molecular flexibility index (Phi) is 3.27. The molecule has 0 bridgehead atoms. The lowest BCUT2D eigenvalue weighted by molar-refractivity contribution is -0.0501. The molecule has 0 aliphatic carbocycles. The Hall–Kier alpha value is -1.61. The lowest BCUT2D eigenvalue weighted by Gasteiger charge is -2.08. The molecule has 102 valence electrons. The molecule has 0 aliphatic rings. The van der Waals surface area contributed by atoms with Crippen LogP contribution >= 0.6 is 11.6 Å². The van der Waals surface area contributed by atoms with E-state index in [0.717, 1.165) is 6.07 Å². The molecule has 0 aromatic carbocycles. The zero-order chi connectivity index (χ0) is 14.3. The minimum atomic E-state index is -5.74. The second-order valence-electron chi connectivity index (χ2n) is 3.30. The van der Waals surface area contributed by atoms with Crippen molar-refractivity contribution in [2.45, 2.75) is 5.51 Å². The van der Waals surface area contributed by atoms with Crippen LogP contribution in [0.1, 0.15) is 0 Å². The van der Waals surface area contributed by atoms with Gasteiger partial charge in [0.1, 0.15) is 5.15 Å². The van der Waals surface area contributed by atoms with Crippen molar-refractivity contribution in [1.82, 2.24) is 9.97 Å². The van der Waals surface area contributed by atoms with Gasteiger partial charge in [-0.15, -0.1) is 0 Å². The standard InChI is InChI=1S/C9H4ClF3N2O3S/c10-7-3-1-6-5(14-7)2-4-8(15-6)18-19(16,17)9(11,12)13/h1-4H. The molecule has 0 unspecified atom stereocenters. The third-order valence-corrected chi connectivity index (χ3v) is 3.13. The van der Waals surface area contributed by atoms with E-state index < -0.39 is 21.5 Å². The van der Waals surface area contributed by atoms with Gasteiger partial charge in [0.2, 0.25) is 5.88 Å². The topological polar surface area (TPSA) is 69.2 Å². The first-order chi connectivity index (χ1) is 8.69. The maximum atomic E-state index is 12.1. The fraction of sp³-hybridized carbons (Fsp3) is 0.111. The Bertz CT molecular complexity index is 733. The van der Waals surface area contributed by atoms with E-state index in [1.807, 2.05) is 0 Å². The molecule has 0 spiro atoms. The molecule has 0 saturated heterocycles. The van der Waals surface area contributed by atoms with Gasteiger partial charge in [0.25, 0.3) is 0 Å². The number of nitrogens with zero attached hydrogens (tertiary/aromatic N) is 2. The number of fused-ring (bicyclic) bond motifs is 1. The van der Waals surface area contributed by atoms with Crippen molar-refractivity contribution in [2.75, 3.05) is 0 Å². The Morgan fingerprint density at radius 1 is 1.05 bits per heavy atom. The van der Waals surface area contributed by atoms with Crippen LogP contribution in [0, 0.1) is 0 Å². The number of pyridine rings is 2. The van der Waals surface area contributed by atoms with Crippen molar-refractivity contribution in [3.05, 3.63) is 29.4 Å². The first kappa shape index (κ1) is 13.8. The highest BCUT2D eigenvalue weighted by Gasteiger charge is 2.48. The molecule has 2 aromatic rings. The molecule has 0 fully saturated rings. The minimum Gasteiger partial charge on any atom is -0.355 e. The molecule has 0 saturated carbocycles. The van der Waals surface area contributed by atoms with Crippen LogP contribution in [0.15, 0.2) is 24.3 Å². The SMILES string of the molecule is O=S(=O)(Oc1ccc2nc(Cl)ccc2n1)C(F)(F)F. The van der Waals surface area contributed by atoms with E-state index in [2.05, 4.69) is 14.2 Å². The zero-order valence-electron chi connectivity index (χ0n) is 8.85. The van der Waals surface area contributed by atoms with Crippen molar-refractivity contribution >= 4 is 32.8 Å². The average molecular weight is 313 g/mol. The second kappa shape index (κ2) is 4.49. The van der Waals surface area contributed by atoms with E-state index in [-0.39, 0.29) is 10.7 Å². The molecule has 0 atom stereocenters. The summed E-state index contributed by atoms with van der Waals surface area (Å²) >= 11 is 5.61. The molecule has 0 N–H and O–H groups in total. The molecule has 10 heteroatoms. The van der Waals surface area contributed by atoms with E-state index >= 15 is 0 Å². The van der Waals surface area contributed by atoms with Crippen LogP contribution < -0.4 is 4.18 Å². The number of aromatic nitrogens is 2. The maximum absolute atomic E-state index is 12.1.